The summed E-state index contributed by atoms with van der Waals surface area (Å²) in [5, 5.41) is 14.9. The normalized spacial score (nSPS) is 17.4. The van der Waals surface area contributed by atoms with E-state index in [0.717, 1.165) is 24.8 Å². The highest BCUT2D eigenvalue weighted by molar-refractivity contribution is 5.74. The molecule has 2 amide bonds. The SMILES string of the molecule is CCC(CCO)NC(=O)NC(c1ccc(F)cc1)C1CCC1. The molecule has 0 aliphatic heterocycles. The molecule has 1 aromatic rings. The van der Waals surface area contributed by atoms with Gasteiger partial charge in [-0.2, -0.15) is 0 Å². The number of nitrogens with one attached hydrogen (secondary N) is 2. The van der Waals surface area contributed by atoms with Crippen molar-refractivity contribution in [2.45, 2.75) is 51.1 Å². The molecular formula is C17H25FN2O2. The van der Waals surface area contributed by atoms with Gasteiger partial charge in [-0.1, -0.05) is 25.5 Å². The zero-order valence-corrected chi connectivity index (χ0v) is 13.0. The van der Waals surface area contributed by atoms with E-state index in [2.05, 4.69) is 10.6 Å². The molecule has 0 spiro atoms. The van der Waals surface area contributed by atoms with Gasteiger partial charge in [-0.25, -0.2) is 9.18 Å². The first-order valence-electron chi connectivity index (χ1n) is 8.07. The van der Waals surface area contributed by atoms with Crippen molar-refractivity contribution < 1.29 is 14.3 Å². The number of carbonyl (C=O) groups is 1. The average Bonchev–Trinajstić information content (AvgIpc) is 2.45. The second kappa shape index (κ2) is 8.13. The van der Waals surface area contributed by atoms with Gasteiger partial charge in [0.25, 0.3) is 0 Å². The standard InChI is InChI=1S/C17H25FN2O2/c1-2-15(10-11-21)19-17(22)20-16(12-4-3-5-12)13-6-8-14(18)9-7-13/h6-9,12,15-16,21H,2-5,10-11H2,1H3,(H2,19,20,22). The molecule has 0 bridgehead atoms. The van der Waals surface area contributed by atoms with Gasteiger partial charge in [0.15, 0.2) is 0 Å². The third kappa shape index (κ3) is 4.44. The van der Waals surface area contributed by atoms with E-state index >= 15 is 0 Å². The summed E-state index contributed by atoms with van der Waals surface area (Å²) < 4.78 is 13.1. The lowest BCUT2D eigenvalue weighted by molar-refractivity contribution is 0.201. The molecule has 2 atom stereocenters. The van der Waals surface area contributed by atoms with Gasteiger partial charge in [-0.05, 0) is 49.3 Å². The van der Waals surface area contributed by atoms with Crippen molar-refractivity contribution in [3.8, 4) is 0 Å². The Morgan fingerprint density at radius 3 is 2.50 bits per heavy atom. The molecule has 22 heavy (non-hydrogen) atoms. The Balaban J connectivity index is 2.00. The summed E-state index contributed by atoms with van der Waals surface area (Å²) in [6, 6.07) is 6.01. The van der Waals surface area contributed by atoms with E-state index < -0.39 is 0 Å². The van der Waals surface area contributed by atoms with E-state index in [0.29, 0.717) is 12.3 Å². The van der Waals surface area contributed by atoms with Crippen molar-refractivity contribution in [3.05, 3.63) is 35.6 Å². The van der Waals surface area contributed by atoms with Crippen LogP contribution in [0.1, 0.15) is 50.6 Å². The van der Waals surface area contributed by atoms with E-state index in [9.17, 15) is 9.18 Å². The van der Waals surface area contributed by atoms with E-state index in [-0.39, 0.29) is 30.5 Å². The number of benzene rings is 1. The molecule has 2 unspecified atom stereocenters. The van der Waals surface area contributed by atoms with Gasteiger partial charge < -0.3 is 15.7 Å². The molecule has 122 valence electrons. The maximum atomic E-state index is 13.1. The van der Waals surface area contributed by atoms with Gasteiger partial charge >= 0.3 is 6.03 Å². The third-order valence-corrected chi connectivity index (χ3v) is 4.44. The number of aliphatic hydroxyl groups excluding tert-OH is 1. The number of halogens is 1. The van der Waals surface area contributed by atoms with Crippen LogP contribution < -0.4 is 10.6 Å². The van der Waals surface area contributed by atoms with Crippen LogP contribution in [0, 0.1) is 11.7 Å². The van der Waals surface area contributed by atoms with Crippen LogP contribution in [0.2, 0.25) is 0 Å². The maximum Gasteiger partial charge on any atom is 0.315 e. The molecule has 5 heteroatoms. The largest absolute Gasteiger partial charge is 0.396 e. The van der Waals surface area contributed by atoms with E-state index in [1.54, 1.807) is 12.1 Å². The third-order valence-electron chi connectivity index (χ3n) is 4.44. The van der Waals surface area contributed by atoms with Gasteiger partial charge in [0.05, 0.1) is 6.04 Å². The smallest absolute Gasteiger partial charge is 0.315 e. The van der Waals surface area contributed by atoms with Crippen LogP contribution in [0.4, 0.5) is 9.18 Å². The highest BCUT2D eigenvalue weighted by Crippen LogP contribution is 2.37. The summed E-state index contributed by atoms with van der Waals surface area (Å²) >= 11 is 0. The molecular weight excluding hydrogens is 283 g/mol. The summed E-state index contributed by atoms with van der Waals surface area (Å²) in [4.78, 5) is 12.2. The van der Waals surface area contributed by atoms with Crippen molar-refractivity contribution >= 4 is 6.03 Å². The van der Waals surface area contributed by atoms with Crippen molar-refractivity contribution in [1.29, 1.82) is 0 Å². The molecule has 3 N–H and O–H groups in total. The maximum absolute atomic E-state index is 13.1. The number of carbonyl (C=O) groups excluding carboxylic acids is 1. The summed E-state index contributed by atoms with van der Waals surface area (Å²) in [6.07, 6.45) is 4.66. The number of aliphatic hydroxyl groups is 1. The summed E-state index contributed by atoms with van der Waals surface area (Å²) in [7, 11) is 0. The molecule has 2 rings (SSSR count). The minimum Gasteiger partial charge on any atom is -0.396 e. The topological polar surface area (TPSA) is 61.4 Å². The number of rotatable bonds is 7. The monoisotopic (exact) mass is 308 g/mol. The van der Waals surface area contributed by atoms with E-state index in [4.69, 9.17) is 5.11 Å². The molecule has 0 radical (unpaired) electrons. The van der Waals surface area contributed by atoms with E-state index in [1.807, 2.05) is 6.92 Å². The van der Waals surface area contributed by atoms with Crippen molar-refractivity contribution in [1.82, 2.24) is 10.6 Å². The Labute approximate surface area is 131 Å². The fourth-order valence-electron chi connectivity index (χ4n) is 2.82. The Kier molecular flexibility index (Phi) is 6.19. The van der Waals surface area contributed by atoms with E-state index in [1.165, 1.54) is 18.6 Å². The number of urea groups is 1. The lowest BCUT2D eigenvalue weighted by atomic mass is 9.77. The minimum absolute atomic E-state index is 0.0275. The Morgan fingerprint density at radius 1 is 1.32 bits per heavy atom. The van der Waals surface area contributed by atoms with Crippen LogP contribution in [-0.2, 0) is 0 Å². The molecule has 0 saturated heterocycles. The molecule has 1 saturated carbocycles. The number of hydrogen-bond acceptors (Lipinski definition) is 2. The highest BCUT2D eigenvalue weighted by atomic mass is 19.1. The zero-order valence-electron chi connectivity index (χ0n) is 13.0. The second-order valence-corrected chi connectivity index (χ2v) is 5.96. The molecule has 1 aliphatic rings. The van der Waals surface area contributed by atoms with Crippen LogP contribution in [0.3, 0.4) is 0 Å². The van der Waals surface area contributed by atoms with Crippen molar-refractivity contribution in [2.75, 3.05) is 6.61 Å². The lowest BCUT2D eigenvalue weighted by Gasteiger charge is -2.35. The van der Waals surface area contributed by atoms with Crippen LogP contribution in [0.25, 0.3) is 0 Å². The van der Waals surface area contributed by atoms with Gasteiger partial charge in [0, 0.05) is 12.6 Å². The molecule has 1 aliphatic carbocycles. The predicted molar refractivity (Wildman–Crippen MR) is 83.9 cm³/mol. The fourth-order valence-corrected chi connectivity index (χ4v) is 2.82. The van der Waals surface area contributed by atoms with Crippen molar-refractivity contribution in [3.63, 3.8) is 0 Å². The minimum atomic E-state index is -0.269. The first kappa shape index (κ1) is 16.7. The Morgan fingerprint density at radius 2 is 2.00 bits per heavy atom. The predicted octanol–water partition coefficient (Wildman–Crippen LogP) is 3.13. The molecule has 1 fully saturated rings. The Hall–Kier alpha value is -1.62. The summed E-state index contributed by atoms with van der Waals surface area (Å²) in [5.74, 6) is 0.142. The van der Waals surface area contributed by atoms with Crippen LogP contribution in [0.5, 0.6) is 0 Å². The summed E-state index contributed by atoms with van der Waals surface area (Å²) in [5.41, 5.74) is 0.941. The summed E-state index contributed by atoms with van der Waals surface area (Å²) in [6.45, 7) is 2.03. The van der Waals surface area contributed by atoms with Gasteiger partial charge in [0.1, 0.15) is 5.82 Å². The van der Waals surface area contributed by atoms with Crippen LogP contribution in [-0.4, -0.2) is 23.8 Å². The quantitative estimate of drug-likeness (QED) is 0.725. The average molecular weight is 308 g/mol. The molecule has 0 aromatic heterocycles. The fraction of sp³-hybridized carbons (Fsp3) is 0.588. The molecule has 4 nitrogen and oxygen atoms in total. The lowest BCUT2D eigenvalue weighted by Crippen LogP contribution is -2.46. The van der Waals surface area contributed by atoms with Crippen LogP contribution in [0.15, 0.2) is 24.3 Å². The molecule has 1 aromatic carbocycles. The first-order valence-corrected chi connectivity index (χ1v) is 8.07. The number of amides is 2. The van der Waals surface area contributed by atoms with Gasteiger partial charge in [0.2, 0.25) is 0 Å². The van der Waals surface area contributed by atoms with Gasteiger partial charge in [-0.3, -0.25) is 0 Å². The zero-order chi connectivity index (χ0) is 15.9. The van der Waals surface area contributed by atoms with Crippen molar-refractivity contribution in [2.24, 2.45) is 5.92 Å². The molecule has 0 heterocycles. The Bertz CT molecular complexity index is 474. The number of hydrogen-bond donors (Lipinski definition) is 3. The highest BCUT2D eigenvalue weighted by Gasteiger charge is 2.30. The first-order chi connectivity index (χ1) is 10.6. The van der Waals surface area contributed by atoms with Crippen LogP contribution >= 0.6 is 0 Å². The second-order valence-electron chi connectivity index (χ2n) is 5.96. The van der Waals surface area contributed by atoms with Gasteiger partial charge in [-0.15, -0.1) is 0 Å².